The van der Waals surface area contributed by atoms with Crippen molar-refractivity contribution in [1.82, 2.24) is 9.88 Å². The number of hydrogen-bond donors (Lipinski definition) is 1. The zero-order valence-electron chi connectivity index (χ0n) is 21.8. The summed E-state index contributed by atoms with van der Waals surface area (Å²) in [5, 5.41) is 3.05. The molecule has 2 aliphatic rings. The Balaban J connectivity index is 1.48. The molecule has 0 radical (unpaired) electrons. The number of aromatic nitrogens is 1. The van der Waals surface area contributed by atoms with E-state index in [0.717, 1.165) is 37.3 Å². The number of urea groups is 1. The van der Waals surface area contributed by atoms with Crippen LogP contribution in [0.3, 0.4) is 0 Å². The highest BCUT2D eigenvalue weighted by molar-refractivity contribution is 6.04. The summed E-state index contributed by atoms with van der Waals surface area (Å²) in [7, 11) is 4.04. The van der Waals surface area contributed by atoms with Gasteiger partial charge < -0.3 is 15.1 Å². The van der Waals surface area contributed by atoms with Crippen LogP contribution in [-0.2, 0) is 6.18 Å². The third kappa shape index (κ3) is 5.34. The van der Waals surface area contributed by atoms with Gasteiger partial charge in [-0.1, -0.05) is 24.3 Å². The molecule has 0 spiro atoms. The molecular weight excluding hydrogens is 491 g/mol. The second kappa shape index (κ2) is 10.3. The van der Waals surface area contributed by atoms with Crippen molar-refractivity contribution in [2.24, 2.45) is 0 Å². The molecule has 2 aliphatic heterocycles. The first-order valence-electron chi connectivity index (χ1n) is 12.9. The van der Waals surface area contributed by atoms with Gasteiger partial charge in [0, 0.05) is 37.4 Å². The molecule has 0 saturated carbocycles. The van der Waals surface area contributed by atoms with E-state index < -0.39 is 11.7 Å². The molecule has 1 N–H and O–H groups in total. The first kappa shape index (κ1) is 26.0. The van der Waals surface area contributed by atoms with Gasteiger partial charge in [0.15, 0.2) is 5.82 Å². The van der Waals surface area contributed by atoms with E-state index in [2.05, 4.69) is 23.3 Å². The van der Waals surface area contributed by atoms with Crippen molar-refractivity contribution in [1.29, 1.82) is 0 Å². The maximum absolute atomic E-state index is 13.7. The van der Waals surface area contributed by atoms with Crippen LogP contribution in [0.2, 0.25) is 0 Å². The summed E-state index contributed by atoms with van der Waals surface area (Å²) in [6, 6.07) is 16.1. The van der Waals surface area contributed by atoms with E-state index in [1.165, 1.54) is 11.6 Å². The second-order valence-electron chi connectivity index (χ2n) is 10.4. The molecule has 5 rings (SSSR count). The Hall–Kier alpha value is -3.59. The predicted molar refractivity (Wildman–Crippen MR) is 145 cm³/mol. The minimum Gasteiger partial charge on any atom is -0.372 e. The number of benzene rings is 2. The van der Waals surface area contributed by atoms with E-state index in [4.69, 9.17) is 4.98 Å². The fourth-order valence-electron chi connectivity index (χ4n) is 5.33. The number of pyridine rings is 1. The van der Waals surface area contributed by atoms with Crippen LogP contribution in [0.1, 0.15) is 36.8 Å². The van der Waals surface area contributed by atoms with Crippen LogP contribution in [0.4, 0.5) is 35.2 Å². The van der Waals surface area contributed by atoms with E-state index in [9.17, 15) is 18.0 Å². The topological polar surface area (TPSA) is 51.7 Å². The van der Waals surface area contributed by atoms with Gasteiger partial charge in [-0.05, 0) is 81.2 Å². The fourth-order valence-corrected chi connectivity index (χ4v) is 5.33. The molecular formula is C29H32F3N5O. The summed E-state index contributed by atoms with van der Waals surface area (Å²) in [5.41, 5.74) is 2.64. The normalized spacial score (nSPS) is 20.3. The van der Waals surface area contributed by atoms with Gasteiger partial charge in [0.2, 0.25) is 0 Å². The Labute approximate surface area is 221 Å². The number of nitrogens with one attached hydrogen (secondary N) is 1. The smallest absolute Gasteiger partial charge is 0.372 e. The van der Waals surface area contributed by atoms with Crippen LogP contribution in [0.5, 0.6) is 0 Å². The van der Waals surface area contributed by atoms with Crippen molar-refractivity contribution in [3.63, 3.8) is 0 Å². The number of halogens is 3. The lowest BCUT2D eigenvalue weighted by atomic mass is 9.98. The monoisotopic (exact) mass is 523 g/mol. The van der Waals surface area contributed by atoms with Crippen LogP contribution >= 0.6 is 0 Å². The summed E-state index contributed by atoms with van der Waals surface area (Å²) >= 11 is 0. The number of likely N-dealkylation sites (N-methyl/N-ethyl adjacent to an activating group) is 1. The molecule has 1 unspecified atom stereocenters. The summed E-state index contributed by atoms with van der Waals surface area (Å²) < 4.78 is 40.0. The molecule has 0 bridgehead atoms. The van der Waals surface area contributed by atoms with Gasteiger partial charge in [-0.15, -0.1) is 0 Å². The third-order valence-electron chi connectivity index (χ3n) is 7.52. The number of rotatable bonds is 3. The summed E-state index contributed by atoms with van der Waals surface area (Å²) in [6.45, 7) is 4.72. The zero-order valence-corrected chi connectivity index (χ0v) is 21.8. The third-order valence-corrected chi connectivity index (χ3v) is 7.52. The van der Waals surface area contributed by atoms with Crippen molar-refractivity contribution in [3.05, 3.63) is 71.8 Å². The Morgan fingerprint density at radius 2 is 1.79 bits per heavy atom. The molecule has 0 aliphatic carbocycles. The molecule has 1 saturated heterocycles. The van der Waals surface area contributed by atoms with Crippen molar-refractivity contribution in [3.8, 4) is 11.3 Å². The molecule has 3 heterocycles. The van der Waals surface area contributed by atoms with Gasteiger partial charge in [0.1, 0.15) is 0 Å². The first-order chi connectivity index (χ1) is 18.1. The van der Waals surface area contributed by atoms with E-state index in [1.54, 1.807) is 17.0 Å². The molecule has 38 heavy (non-hydrogen) atoms. The van der Waals surface area contributed by atoms with Crippen LogP contribution in [0, 0.1) is 0 Å². The highest BCUT2D eigenvalue weighted by atomic mass is 19.4. The fraction of sp³-hybridized carbons (Fsp3) is 0.379. The van der Waals surface area contributed by atoms with Gasteiger partial charge in [0.25, 0.3) is 0 Å². The van der Waals surface area contributed by atoms with E-state index in [-0.39, 0.29) is 12.1 Å². The van der Waals surface area contributed by atoms with E-state index in [0.29, 0.717) is 41.6 Å². The average Bonchev–Trinajstić information content (AvgIpc) is 3.28. The Morgan fingerprint density at radius 3 is 2.53 bits per heavy atom. The lowest BCUT2D eigenvalue weighted by molar-refractivity contribution is -0.137. The number of amides is 2. The highest BCUT2D eigenvalue weighted by Gasteiger charge is 2.32. The number of likely N-dealkylation sites (tertiary alicyclic amines) is 1. The van der Waals surface area contributed by atoms with Gasteiger partial charge in [-0.25, -0.2) is 9.78 Å². The lowest BCUT2D eigenvalue weighted by Crippen LogP contribution is -2.42. The summed E-state index contributed by atoms with van der Waals surface area (Å²) in [4.78, 5) is 24.4. The predicted octanol–water partition coefficient (Wildman–Crippen LogP) is 6.45. The zero-order chi connectivity index (χ0) is 27.0. The van der Waals surface area contributed by atoms with E-state index in [1.807, 2.05) is 43.1 Å². The lowest BCUT2D eigenvalue weighted by Gasteiger charge is -2.28. The number of nitrogens with zero attached hydrogens (tertiary/aromatic N) is 4. The molecule has 2 atom stereocenters. The SMILES string of the molecule is C[C@@H]1CCN(C)c2ccc(-c3cccc(C(F)(F)F)c3)nc2N1C(=O)Nc1cccc(C2CCN(C)C2)c1. The Morgan fingerprint density at radius 1 is 1.00 bits per heavy atom. The van der Waals surface area contributed by atoms with Crippen LogP contribution in [-0.4, -0.2) is 55.7 Å². The molecule has 2 amide bonds. The highest BCUT2D eigenvalue weighted by Crippen LogP contribution is 2.37. The van der Waals surface area contributed by atoms with Crippen molar-refractivity contribution >= 4 is 23.2 Å². The minimum atomic E-state index is -4.45. The van der Waals surface area contributed by atoms with Crippen molar-refractivity contribution in [2.75, 3.05) is 48.8 Å². The van der Waals surface area contributed by atoms with Gasteiger partial charge in [-0.2, -0.15) is 13.2 Å². The molecule has 1 fully saturated rings. The number of fused-ring (bicyclic) bond motifs is 1. The molecule has 9 heteroatoms. The number of carbonyl (C=O) groups is 1. The molecule has 1 aromatic heterocycles. The summed E-state index contributed by atoms with van der Waals surface area (Å²) in [6.07, 6.45) is -2.66. The summed E-state index contributed by atoms with van der Waals surface area (Å²) in [5.74, 6) is 0.860. The van der Waals surface area contributed by atoms with Gasteiger partial charge in [-0.3, -0.25) is 4.90 Å². The second-order valence-corrected chi connectivity index (χ2v) is 10.4. The van der Waals surface area contributed by atoms with E-state index >= 15 is 0 Å². The maximum atomic E-state index is 13.7. The minimum absolute atomic E-state index is 0.172. The molecule has 200 valence electrons. The Bertz CT molecular complexity index is 1330. The quantitative estimate of drug-likeness (QED) is 0.429. The molecule has 3 aromatic rings. The first-order valence-corrected chi connectivity index (χ1v) is 12.9. The van der Waals surface area contributed by atoms with Crippen LogP contribution < -0.4 is 15.1 Å². The number of alkyl halides is 3. The van der Waals surface area contributed by atoms with Crippen LogP contribution in [0.15, 0.2) is 60.7 Å². The van der Waals surface area contributed by atoms with Gasteiger partial charge in [0.05, 0.1) is 16.9 Å². The van der Waals surface area contributed by atoms with Crippen molar-refractivity contribution < 1.29 is 18.0 Å². The average molecular weight is 524 g/mol. The number of hydrogen-bond acceptors (Lipinski definition) is 4. The van der Waals surface area contributed by atoms with Crippen molar-refractivity contribution in [2.45, 2.75) is 37.9 Å². The molecule has 2 aromatic carbocycles. The molecule has 6 nitrogen and oxygen atoms in total. The standard InChI is InChI=1S/C29H32F3N5O/c1-19-12-15-36(3)26-11-10-25(21-7-4-8-23(16-21)29(30,31)32)34-27(26)37(19)28(38)33-24-9-5-6-20(17-24)22-13-14-35(2)18-22/h4-11,16-17,19,22H,12-15,18H2,1-3H3,(H,33,38)/t19-,22?/m1/s1. The maximum Gasteiger partial charge on any atom is 0.416 e. The number of anilines is 3. The van der Waals surface area contributed by atoms with Crippen LogP contribution in [0.25, 0.3) is 11.3 Å². The Kier molecular flexibility index (Phi) is 7.05. The van der Waals surface area contributed by atoms with Gasteiger partial charge >= 0.3 is 12.2 Å². The largest absolute Gasteiger partial charge is 0.416 e. The number of carbonyl (C=O) groups excluding carboxylic acids is 1.